The fraction of sp³-hybridized carbons (Fsp3) is 0.0952. The number of rotatable bonds is 6. The Balaban J connectivity index is 1.51. The van der Waals surface area contributed by atoms with Crippen LogP contribution in [0.25, 0.3) is 5.82 Å². The fourth-order valence-corrected chi connectivity index (χ4v) is 4.00. The predicted molar refractivity (Wildman–Crippen MR) is 112 cm³/mol. The van der Waals surface area contributed by atoms with Gasteiger partial charge in [0.25, 0.3) is 10.0 Å². The number of hydrogen-bond donors (Lipinski definition) is 1. The second-order valence-corrected chi connectivity index (χ2v) is 8.46. The summed E-state index contributed by atoms with van der Waals surface area (Å²) in [5.74, 6) is -0.680. The van der Waals surface area contributed by atoms with Crippen LogP contribution in [-0.2, 0) is 10.0 Å². The Labute approximate surface area is 182 Å². The molecular formula is C21H17F2N5O3S. The lowest BCUT2D eigenvalue weighted by Gasteiger charge is -2.11. The molecule has 0 aliphatic heterocycles. The first-order valence-electron chi connectivity index (χ1n) is 9.32. The zero-order valence-corrected chi connectivity index (χ0v) is 17.8. The van der Waals surface area contributed by atoms with Gasteiger partial charge in [-0.1, -0.05) is 0 Å². The summed E-state index contributed by atoms with van der Waals surface area (Å²) >= 11 is 0. The van der Waals surface area contributed by atoms with Gasteiger partial charge in [-0.25, -0.2) is 32.2 Å². The van der Waals surface area contributed by atoms with Crippen LogP contribution in [0.15, 0.2) is 66.1 Å². The van der Waals surface area contributed by atoms with Gasteiger partial charge in [0.05, 0.1) is 5.69 Å². The Bertz CT molecular complexity index is 1390. The molecule has 0 radical (unpaired) electrons. The highest BCUT2D eigenvalue weighted by Gasteiger charge is 2.20. The Morgan fingerprint density at radius 2 is 1.72 bits per heavy atom. The molecule has 0 aliphatic carbocycles. The van der Waals surface area contributed by atoms with Gasteiger partial charge in [0.2, 0.25) is 5.88 Å². The van der Waals surface area contributed by atoms with Crippen molar-refractivity contribution >= 4 is 15.7 Å². The summed E-state index contributed by atoms with van der Waals surface area (Å²) in [6.45, 7) is 3.81. The van der Waals surface area contributed by atoms with Gasteiger partial charge in [0.15, 0.2) is 0 Å². The average molecular weight is 457 g/mol. The maximum absolute atomic E-state index is 13.8. The summed E-state index contributed by atoms with van der Waals surface area (Å²) in [6.07, 6.45) is 3.01. The largest absolute Gasteiger partial charge is 0.439 e. The lowest BCUT2D eigenvalue weighted by atomic mass is 10.3. The molecule has 2 aromatic carbocycles. The summed E-state index contributed by atoms with van der Waals surface area (Å²) in [6, 6.07) is 9.72. The molecule has 0 unspecified atom stereocenters. The normalized spacial score (nSPS) is 11.4. The molecule has 0 atom stereocenters. The molecule has 32 heavy (non-hydrogen) atoms. The lowest BCUT2D eigenvalue weighted by molar-refractivity contribution is 0.461. The predicted octanol–water partition coefficient (Wildman–Crippen LogP) is 4.15. The molecule has 0 bridgehead atoms. The molecule has 8 nitrogen and oxygen atoms in total. The van der Waals surface area contributed by atoms with Gasteiger partial charge in [-0.3, -0.25) is 9.29 Å². The van der Waals surface area contributed by atoms with Gasteiger partial charge in [0, 0.05) is 17.4 Å². The number of sulfonamides is 1. The van der Waals surface area contributed by atoms with Gasteiger partial charge >= 0.3 is 0 Å². The van der Waals surface area contributed by atoms with E-state index in [-0.39, 0.29) is 11.6 Å². The van der Waals surface area contributed by atoms with Crippen molar-refractivity contribution < 1.29 is 21.9 Å². The minimum absolute atomic E-state index is 0.147. The molecule has 4 rings (SSSR count). The summed E-state index contributed by atoms with van der Waals surface area (Å²) in [4.78, 5) is 11.8. The molecule has 0 spiro atoms. The summed E-state index contributed by atoms with van der Waals surface area (Å²) < 4.78 is 61.7. The van der Waals surface area contributed by atoms with Crippen molar-refractivity contribution in [2.24, 2.45) is 0 Å². The molecule has 0 saturated carbocycles. The second-order valence-electron chi connectivity index (χ2n) is 6.81. The average Bonchev–Trinajstić information content (AvgIpc) is 3.09. The number of nitrogens with zero attached hydrogens (tertiary/aromatic N) is 4. The second kappa shape index (κ2) is 8.35. The minimum Gasteiger partial charge on any atom is -0.439 e. The SMILES string of the molecule is Cc1ncn(-c2cc(Oc3ccc(NS(=O)(=O)c4cc(F)ccc4F)cc3)ncn2)c1C. The van der Waals surface area contributed by atoms with Crippen molar-refractivity contribution in [2.75, 3.05) is 4.72 Å². The molecule has 0 aliphatic rings. The Kier molecular flexibility index (Phi) is 5.57. The molecular weight excluding hydrogens is 440 g/mol. The van der Waals surface area contributed by atoms with Gasteiger partial charge in [-0.2, -0.15) is 0 Å². The van der Waals surface area contributed by atoms with E-state index < -0.39 is 26.6 Å². The number of halogens is 2. The van der Waals surface area contributed by atoms with Gasteiger partial charge in [-0.15, -0.1) is 0 Å². The third kappa shape index (κ3) is 4.42. The van der Waals surface area contributed by atoms with E-state index in [1.807, 2.05) is 13.8 Å². The fourth-order valence-electron chi connectivity index (χ4n) is 2.85. The molecule has 164 valence electrons. The summed E-state index contributed by atoms with van der Waals surface area (Å²) in [7, 11) is -4.31. The van der Waals surface area contributed by atoms with Crippen molar-refractivity contribution in [1.29, 1.82) is 0 Å². The van der Waals surface area contributed by atoms with E-state index in [0.717, 1.165) is 23.5 Å². The smallest absolute Gasteiger partial charge is 0.264 e. The number of aryl methyl sites for hydroxylation is 1. The quantitative estimate of drug-likeness (QED) is 0.467. The van der Waals surface area contributed by atoms with E-state index in [2.05, 4.69) is 19.7 Å². The molecule has 11 heteroatoms. The first-order valence-corrected chi connectivity index (χ1v) is 10.8. The van der Waals surface area contributed by atoms with Crippen LogP contribution in [0.3, 0.4) is 0 Å². The highest BCUT2D eigenvalue weighted by atomic mass is 32.2. The first kappa shape index (κ1) is 21.4. The van der Waals surface area contributed by atoms with Crippen molar-refractivity contribution in [2.45, 2.75) is 18.7 Å². The van der Waals surface area contributed by atoms with E-state index in [0.29, 0.717) is 17.6 Å². The van der Waals surface area contributed by atoms with Crippen LogP contribution < -0.4 is 9.46 Å². The molecule has 0 fully saturated rings. The van der Waals surface area contributed by atoms with E-state index in [4.69, 9.17) is 4.74 Å². The first-order chi connectivity index (χ1) is 15.2. The van der Waals surface area contributed by atoms with E-state index in [1.54, 1.807) is 17.0 Å². The van der Waals surface area contributed by atoms with E-state index >= 15 is 0 Å². The third-order valence-corrected chi connectivity index (χ3v) is 6.03. The number of imidazole rings is 1. The van der Waals surface area contributed by atoms with Crippen LogP contribution in [0.5, 0.6) is 11.6 Å². The van der Waals surface area contributed by atoms with Crippen molar-refractivity contribution in [3.63, 3.8) is 0 Å². The van der Waals surface area contributed by atoms with Crippen LogP contribution >= 0.6 is 0 Å². The van der Waals surface area contributed by atoms with Gasteiger partial charge < -0.3 is 4.74 Å². The van der Waals surface area contributed by atoms with Crippen LogP contribution in [-0.4, -0.2) is 27.9 Å². The zero-order valence-electron chi connectivity index (χ0n) is 17.0. The van der Waals surface area contributed by atoms with Crippen molar-refractivity contribution in [1.82, 2.24) is 19.5 Å². The molecule has 2 heterocycles. The molecule has 4 aromatic rings. The van der Waals surface area contributed by atoms with Crippen molar-refractivity contribution in [3.05, 3.63) is 84.2 Å². The highest BCUT2D eigenvalue weighted by Crippen LogP contribution is 2.25. The molecule has 0 saturated heterocycles. The number of ether oxygens (including phenoxy) is 1. The summed E-state index contributed by atoms with van der Waals surface area (Å²) in [5, 5.41) is 0. The maximum atomic E-state index is 13.8. The Morgan fingerprint density at radius 1 is 0.969 bits per heavy atom. The van der Waals surface area contributed by atoms with E-state index in [1.165, 1.54) is 30.6 Å². The topological polar surface area (TPSA) is 99.0 Å². The molecule has 2 aromatic heterocycles. The number of nitrogens with one attached hydrogen (secondary N) is 1. The zero-order chi connectivity index (χ0) is 22.9. The van der Waals surface area contributed by atoms with Crippen LogP contribution in [0.2, 0.25) is 0 Å². The van der Waals surface area contributed by atoms with Crippen molar-refractivity contribution in [3.8, 4) is 17.4 Å². The molecule has 1 N–H and O–H groups in total. The monoisotopic (exact) mass is 457 g/mol. The standard InChI is InChI=1S/C21H17F2N5O3S/c1-13-14(2)28(12-26-13)20-10-21(25-11-24-20)31-17-6-4-16(5-7-17)27-32(29,30)19-9-15(22)3-8-18(19)23/h3-12,27H,1-2H3. The van der Waals surface area contributed by atoms with Crippen LogP contribution in [0.1, 0.15) is 11.4 Å². The molecule has 0 amide bonds. The van der Waals surface area contributed by atoms with Crippen LogP contribution in [0, 0.1) is 25.5 Å². The Hall–Kier alpha value is -3.86. The highest BCUT2D eigenvalue weighted by molar-refractivity contribution is 7.92. The number of hydrogen-bond acceptors (Lipinski definition) is 6. The minimum atomic E-state index is -4.31. The van der Waals surface area contributed by atoms with E-state index in [9.17, 15) is 17.2 Å². The summed E-state index contributed by atoms with van der Waals surface area (Å²) in [5.41, 5.74) is 1.96. The van der Waals surface area contributed by atoms with Gasteiger partial charge in [-0.05, 0) is 56.3 Å². The Morgan fingerprint density at radius 3 is 2.41 bits per heavy atom. The number of aromatic nitrogens is 4. The number of benzene rings is 2. The third-order valence-electron chi connectivity index (χ3n) is 4.64. The van der Waals surface area contributed by atoms with Crippen LogP contribution in [0.4, 0.5) is 14.5 Å². The van der Waals surface area contributed by atoms with Gasteiger partial charge in [0.1, 0.15) is 40.8 Å². The lowest BCUT2D eigenvalue weighted by Crippen LogP contribution is -2.14. The number of anilines is 1. The maximum Gasteiger partial charge on any atom is 0.264 e.